The number of hydrogen-bond acceptors (Lipinski definition) is 2. The summed E-state index contributed by atoms with van der Waals surface area (Å²) in [6, 6.07) is 2.31. The van der Waals surface area contributed by atoms with Crippen LogP contribution in [-0.4, -0.2) is 11.9 Å². The van der Waals surface area contributed by atoms with E-state index < -0.39 is 0 Å². The first-order chi connectivity index (χ1) is 9.15. The van der Waals surface area contributed by atoms with Gasteiger partial charge in [0.25, 0.3) is 0 Å². The van der Waals surface area contributed by atoms with Crippen LogP contribution in [0.4, 0.5) is 0 Å². The minimum Gasteiger partial charge on any atom is -0.472 e. The van der Waals surface area contributed by atoms with E-state index in [-0.39, 0.29) is 5.91 Å². The summed E-state index contributed by atoms with van der Waals surface area (Å²) in [6.45, 7) is 4.60. The van der Waals surface area contributed by atoms with Crippen LogP contribution in [0.2, 0.25) is 0 Å². The highest BCUT2D eigenvalue weighted by atomic mass is 16.3. The van der Waals surface area contributed by atoms with E-state index in [0.29, 0.717) is 12.5 Å². The number of furan rings is 1. The first-order valence-electron chi connectivity index (χ1n) is 7.45. The van der Waals surface area contributed by atoms with Crippen LogP contribution in [-0.2, 0) is 11.2 Å². The van der Waals surface area contributed by atoms with Crippen LogP contribution in [0.3, 0.4) is 0 Å². The Morgan fingerprint density at radius 1 is 1.37 bits per heavy atom. The van der Waals surface area contributed by atoms with Gasteiger partial charge >= 0.3 is 0 Å². The molecule has 0 spiro atoms. The number of carbonyl (C=O) groups is 1. The monoisotopic (exact) mass is 263 g/mol. The molecule has 1 amide bonds. The third-order valence-electron chi connectivity index (χ3n) is 4.30. The van der Waals surface area contributed by atoms with Crippen LogP contribution in [0.15, 0.2) is 23.0 Å². The topological polar surface area (TPSA) is 42.2 Å². The van der Waals surface area contributed by atoms with Gasteiger partial charge in [0, 0.05) is 12.5 Å². The lowest BCUT2D eigenvalue weighted by Gasteiger charge is -2.31. The lowest BCUT2D eigenvalue weighted by molar-refractivity contribution is -0.122. The Balaban J connectivity index is 1.66. The molecule has 0 aromatic carbocycles. The molecule has 106 valence electrons. The van der Waals surface area contributed by atoms with Gasteiger partial charge in [-0.25, -0.2) is 0 Å². The van der Waals surface area contributed by atoms with Crippen molar-refractivity contribution in [3.05, 3.63) is 24.2 Å². The Bertz CT molecular complexity index is 375. The Kier molecular flexibility index (Phi) is 5.06. The Morgan fingerprint density at radius 3 is 2.68 bits per heavy atom. The first-order valence-corrected chi connectivity index (χ1v) is 7.45. The van der Waals surface area contributed by atoms with E-state index in [2.05, 4.69) is 19.2 Å². The third kappa shape index (κ3) is 4.41. The van der Waals surface area contributed by atoms with Crippen molar-refractivity contribution in [3.8, 4) is 0 Å². The van der Waals surface area contributed by atoms with Gasteiger partial charge in [0.1, 0.15) is 0 Å². The lowest BCUT2D eigenvalue weighted by atomic mass is 9.79. The molecule has 0 radical (unpaired) electrons. The van der Waals surface area contributed by atoms with Gasteiger partial charge in [-0.3, -0.25) is 4.79 Å². The van der Waals surface area contributed by atoms with Gasteiger partial charge in [-0.1, -0.05) is 13.8 Å². The molecule has 0 bridgehead atoms. The molecule has 1 N–H and O–H groups in total. The fraction of sp³-hybridized carbons (Fsp3) is 0.688. The van der Waals surface area contributed by atoms with Gasteiger partial charge in [-0.05, 0) is 55.6 Å². The zero-order chi connectivity index (χ0) is 13.7. The smallest absolute Gasteiger partial charge is 0.220 e. The summed E-state index contributed by atoms with van der Waals surface area (Å²) in [5, 5.41) is 3.17. The summed E-state index contributed by atoms with van der Waals surface area (Å²) in [5.74, 6) is 1.80. The maximum atomic E-state index is 11.9. The molecule has 19 heavy (non-hydrogen) atoms. The average molecular weight is 263 g/mol. The van der Waals surface area contributed by atoms with E-state index in [1.54, 1.807) is 12.5 Å². The van der Waals surface area contributed by atoms with Crippen LogP contribution in [0.1, 0.15) is 51.5 Å². The molecule has 0 saturated heterocycles. The van der Waals surface area contributed by atoms with E-state index in [4.69, 9.17) is 4.42 Å². The second kappa shape index (κ2) is 6.78. The van der Waals surface area contributed by atoms with Crippen molar-refractivity contribution < 1.29 is 9.21 Å². The summed E-state index contributed by atoms with van der Waals surface area (Å²) < 4.78 is 5.00. The molecule has 1 heterocycles. The SMILES string of the molecule is CC(C)C1CCC(NC(=O)CCc2ccoc2)CC1. The number of nitrogens with one attached hydrogen (secondary N) is 1. The van der Waals surface area contributed by atoms with Gasteiger partial charge in [0.05, 0.1) is 12.5 Å². The maximum absolute atomic E-state index is 11.9. The third-order valence-corrected chi connectivity index (χ3v) is 4.30. The highest BCUT2D eigenvalue weighted by molar-refractivity contribution is 5.76. The van der Waals surface area contributed by atoms with Crippen molar-refractivity contribution in [3.63, 3.8) is 0 Å². The second-order valence-corrected chi connectivity index (χ2v) is 6.05. The molecule has 0 atom stereocenters. The van der Waals surface area contributed by atoms with Gasteiger partial charge < -0.3 is 9.73 Å². The largest absolute Gasteiger partial charge is 0.472 e. The van der Waals surface area contributed by atoms with Crippen LogP contribution in [0.25, 0.3) is 0 Å². The summed E-state index contributed by atoms with van der Waals surface area (Å²) in [5.41, 5.74) is 1.10. The van der Waals surface area contributed by atoms with Crippen molar-refractivity contribution in [2.45, 2.75) is 58.4 Å². The summed E-state index contributed by atoms with van der Waals surface area (Å²) in [7, 11) is 0. The van der Waals surface area contributed by atoms with Crippen molar-refractivity contribution >= 4 is 5.91 Å². The standard InChI is InChI=1S/C16H25NO2/c1-12(2)14-4-6-15(7-5-14)17-16(18)8-3-13-9-10-19-11-13/h9-12,14-15H,3-8H2,1-2H3,(H,17,18). The molecule has 1 aromatic rings. The van der Waals surface area contributed by atoms with Gasteiger partial charge in [0.2, 0.25) is 5.91 Å². The summed E-state index contributed by atoms with van der Waals surface area (Å²) >= 11 is 0. The normalized spacial score (nSPS) is 23.5. The minimum atomic E-state index is 0.175. The Hall–Kier alpha value is -1.25. The molecule has 1 aliphatic carbocycles. The Labute approximate surface area is 115 Å². The molecule has 1 saturated carbocycles. The fourth-order valence-corrected chi connectivity index (χ4v) is 2.92. The zero-order valence-electron chi connectivity index (χ0n) is 12.0. The van der Waals surface area contributed by atoms with Gasteiger partial charge in [-0.15, -0.1) is 0 Å². The molecule has 3 nitrogen and oxygen atoms in total. The summed E-state index contributed by atoms with van der Waals surface area (Å²) in [4.78, 5) is 11.9. The highest BCUT2D eigenvalue weighted by Crippen LogP contribution is 2.29. The molecule has 0 aliphatic heterocycles. The molecule has 0 unspecified atom stereocenters. The first kappa shape index (κ1) is 14.2. The molecular weight excluding hydrogens is 238 g/mol. The number of amides is 1. The van der Waals surface area contributed by atoms with E-state index >= 15 is 0 Å². The molecule has 1 fully saturated rings. The molecule has 1 aromatic heterocycles. The van der Waals surface area contributed by atoms with Crippen molar-refractivity contribution in [1.82, 2.24) is 5.32 Å². The minimum absolute atomic E-state index is 0.175. The number of rotatable bonds is 5. The van der Waals surface area contributed by atoms with E-state index in [1.807, 2.05) is 6.07 Å². The Morgan fingerprint density at radius 2 is 2.11 bits per heavy atom. The van der Waals surface area contributed by atoms with E-state index in [0.717, 1.165) is 36.7 Å². The van der Waals surface area contributed by atoms with Gasteiger partial charge in [-0.2, -0.15) is 0 Å². The van der Waals surface area contributed by atoms with Crippen molar-refractivity contribution in [2.24, 2.45) is 11.8 Å². The average Bonchev–Trinajstić information content (AvgIpc) is 2.90. The zero-order valence-corrected chi connectivity index (χ0v) is 12.0. The van der Waals surface area contributed by atoms with Crippen molar-refractivity contribution in [1.29, 1.82) is 0 Å². The highest BCUT2D eigenvalue weighted by Gasteiger charge is 2.23. The molecule has 1 aliphatic rings. The van der Waals surface area contributed by atoms with Crippen LogP contribution >= 0.6 is 0 Å². The predicted molar refractivity (Wildman–Crippen MR) is 75.8 cm³/mol. The maximum Gasteiger partial charge on any atom is 0.220 e. The molecular formula is C16H25NO2. The molecule has 3 heteroatoms. The fourth-order valence-electron chi connectivity index (χ4n) is 2.92. The predicted octanol–water partition coefficient (Wildman–Crippen LogP) is 3.54. The van der Waals surface area contributed by atoms with E-state index in [1.165, 1.54) is 12.8 Å². The lowest BCUT2D eigenvalue weighted by Crippen LogP contribution is -2.38. The van der Waals surface area contributed by atoms with Crippen molar-refractivity contribution in [2.75, 3.05) is 0 Å². The second-order valence-electron chi connectivity index (χ2n) is 6.05. The van der Waals surface area contributed by atoms with Crippen LogP contribution in [0.5, 0.6) is 0 Å². The van der Waals surface area contributed by atoms with Gasteiger partial charge in [0.15, 0.2) is 0 Å². The van der Waals surface area contributed by atoms with Crippen LogP contribution in [0, 0.1) is 11.8 Å². The number of carbonyl (C=O) groups excluding carboxylic acids is 1. The van der Waals surface area contributed by atoms with Crippen LogP contribution < -0.4 is 5.32 Å². The quantitative estimate of drug-likeness (QED) is 0.882. The number of aryl methyl sites for hydroxylation is 1. The molecule has 2 rings (SSSR count). The van der Waals surface area contributed by atoms with E-state index in [9.17, 15) is 4.79 Å². The summed E-state index contributed by atoms with van der Waals surface area (Å²) in [6.07, 6.45) is 9.48. The number of hydrogen-bond donors (Lipinski definition) is 1.